The molecule has 29 heavy (non-hydrogen) atoms. The molecule has 1 aliphatic rings. The number of carbonyl (C=O) groups is 1. The van der Waals surface area contributed by atoms with Crippen molar-refractivity contribution in [3.8, 4) is 0 Å². The van der Waals surface area contributed by atoms with Gasteiger partial charge in [0.05, 0.1) is 4.92 Å². The Kier molecular flexibility index (Phi) is 6.09. The van der Waals surface area contributed by atoms with Crippen molar-refractivity contribution >= 4 is 27.7 Å². The molecule has 0 atom stereocenters. The van der Waals surface area contributed by atoms with Crippen LogP contribution in [0.15, 0.2) is 53.9 Å². The van der Waals surface area contributed by atoms with E-state index in [1.54, 1.807) is 17.9 Å². The average molecular weight is 415 g/mol. The van der Waals surface area contributed by atoms with E-state index in [9.17, 15) is 23.3 Å². The van der Waals surface area contributed by atoms with Gasteiger partial charge in [0, 0.05) is 48.8 Å². The minimum absolute atomic E-state index is 0.0392. The molecular formula is C20H21N3O5S. The third-order valence-corrected chi connectivity index (χ3v) is 6.32. The van der Waals surface area contributed by atoms with Crippen molar-refractivity contribution in [3.05, 3.63) is 80.7 Å². The predicted octanol–water partition coefficient (Wildman–Crippen LogP) is 2.66. The van der Waals surface area contributed by atoms with Crippen LogP contribution in [0.1, 0.15) is 21.5 Å². The van der Waals surface area contributed by atoms with Gasteiger partial charge in [-0.25, -0.2) is 8.42 Å². The number of nitro benzene ring substituents is 1. The summed E-state index contributed by atoms with van der Waals surface area (Å²) in [5.41, 5.74) is 1.52. The van der Waals surface area contributed by atoms with E-state index in [1.165, 1.54) is 27.9 Å². The van der Waals surface area contributed by atoms with Crippen LogP contribution in [0.2, 0.25) is 0 Å². The Balaban J connectivity index is 1.64. The number of piperazine rings is 1. The predicted molar refractivity (Wildman–Crippen MR) is 110 cm³/mol. The van der Waals surface area contributed by atoms with Gasteiger partial charge >= 0.3 is 0 Å². The molecular weight excluding hydrogens is 394 g/mol. The lowest BCUT2D eigenvalue weighted by Gasteiger charge is -2.33. The molecule has 8 nitrogen and oxygen atoms in total. The summed E-state index contributed by atoms with van der Waals surface area (Å²) in [6.07, 6.45) is 1.55. The zero-order valence-electron chi connectivity index (χ0n) is 15.9. The van der Waals surface area contributed by atoms with Gasteiger partial charge < -0.3 is 4.90 Å². The molecule has 0 spiro atoms. The number of sulfonamides is 1. The molecule has 1 amide bonds. The van der Waals surface area contributed by atoms with E-state index in [-0.39, 0.29) is 37.8 Å². The molecule has 0 aromatic heterocycles. The summed E-state index contributed by atoms with van der Waals surface area (Å²) in [5.74, 6) is -0.264. The monoisotopic (exact) mass is 415 g/mol. The Morgan fingerprint density at radius 2 is 1.72 bits per heavy atom. The van der Waals surface area contributed by atoms with Crippen molar-refractivity contribution in [1.29, 1.82) is 0 Å². The van der Waals surface area contributed by atoms with Crippen molar-refractivity contribution in [1.82, 2.24) is 9.21 Å². The Morgan fingerprint density at radius 1 is 1.07 bits per heavy atom. The molecule has 0 radical (unpaired) electrons. The summed E-state index contributed by atoms with van der Waals surface area (Å²) in [7, 11) is -3.58. The molecule has 1 saturated heterocycles. The topological polar surface area (TPSA) is 101 Å². The Hall–Kier alpha value is -3.04. The lowest BCUT2D eigenvalue weighted by atomic mass is 10.1. The van der Waals surface area contributed by atoms with Crippen LogP contribution in [0.3, 0.4) is 0 Å². The highest BCUT2D eigenvalue weighted by atomic mass is 32.2. The fourth-order valence-corrected chi connectivity index (χ4v) is 4.31. The summed E-state index contributed by atoms with van der Waals surface area (Å²) in [6.45, 7) is 2.48. The highest BCUT2D eigenvalue weighted by Gasteiger charge is 2.28. The number of hydrogen-bond acceptors (Lipinski definition) is 5. The number of nitro groups is 1. The van der Waals surface area contributed by atoms with E-state index in [0.29, 0.717) is 11.1 Å². The molecule has 9 heteroatoms. The maximum Gasteiger partial charge on any atom is 0.272 e. The molecule has 0 unspecified atom stereocenters. The van der Waals surface area contributed by atoms with E-state index < -0.39 is 14.9 Å². The zero-order chi connectivity index (χ0) is 21.0. The lowest BCUT2D eigenvalue weighted by molar-refractivity contribution is -0.385. The summed E-state index contributed by atoms with van der Waals surface area (Å²) < 4.78 is 26.4. The quantitative estimate of drug-likeness (QED) is 0.552. The van der Waals surface area contributed by atoms with Gasteiger partial charge in [0.15, 0.2) is 0 Å². The summed E-state index contributed by atoms with van der Waals surface area (Å²) in [4.78, 5) is 24.7. The SMILES string of the molecule is Cc1cc(C(=O)N2CCN(S(=O)(=O)C=Cc3ccccc3)CC2)ccc1[N+](=O)[O-]. The van der Waals surface area contributed by atoms with Crippen LogP contribution in [-0.4, -0.2) is 54.6 Å². The molecule has 1 aliphatic heterocycles. The summed E-state index contributed by atoms with van der Waals surface area (Å²) in [5, 5.41) is 12.1. The Labute approximate surface area is 169 Å². The second-order valence-corrected chi connectivity index (χ2v) is 8.53. The van der Waals surface area contributed by atoms with Crippen molar-refractivity contribution in [2.75, 3.05) is 26.2 Å². The number of amides is 1. The molecule has 0 saturated carbocycles. The average Bonchev–Trinajstić information content (AvgIpc) is 2.72. The molecule has 0 aliphatic carbocycles. The summed E-state index contributed by atoms with van der Waals surface area (Å²) in [6, 6.07) is 13.4. The van der Waals surface area contributed by atoms with Crippen LogP contribution in [0.5, 0.6) is 0 Å². The van der Waals surface area contributed by atoms with Gasteiger partial charge in [0.25, 0.3) is 11.6 Å². The van der Waals surface area contributed by atoms with E-state index in [1.807, 2.05) is 30.3 Å². The number of rotatable bonds is 5. The van der Waals surface area contributed by atoms with Crippen molar-refractivity contribution < 1.29 is 18.1 Å². The standard InChI is InChI=1S/C20H21N3O5S/c1-16-15-18(7-8-19(16)23(25)26)20(24)21-10-12-22(13-11-21)29(27,28)14-9-17-5-3-2-4-6-17/h2-9,14-15H,10-13H2,1H3. The molecule has 1 fully saturated rings. The number of hydrogen-bond donors (Lipinski definition) is 0. The molecule has 0 N–H and O–H groups in total. The first kappa shape index (κ1) is 20.7. The van der Waals surface area contributed by atoms with Gasteiger partial charge in [0.1, 0.15) is 0 Å². The van der Waals surface area contributed by atoms with Gasteiger partial charge in [-0.2, -0.15) is 4.31 Å². The minimum Gasteiger partial charge on any atom is -0.336 e. The number of nitrogens with zero attached hydrogens (tertiary/aromatic N) is 3. The van der Waals surface area contributed by atoms with Crippen molar-refractivity contribution in [2.24, 2.45) is 0 Å². The molecule has 152 valence electrons. The summed E-state index contributed by atoms with van der Waals surface area (Å²) >= 11 is 0. The second-order valence-electron chi connectivity index (χ2n) is 6.71. The van der Waals surface area contributed by atoms with E-state index in [2.05, 4.69) is 0 Å². The zero-order valence-corrected chi connectivity index (χ0v) is 16.7. The van der Waals surface area contributed by atoms with Crippen LogP contribution < -0.4 is 0 Å². The minimum atomic E-state index is -3.58. The third-order valence-electron chi connectivity index (χ3n) is 4.76. The van der Waals surface area contributed by atoms with Gasteiger partial charge in [-0.15, -0.1) is 0 Å². The van der Waals surface area contributed by atoms with Crippen molar-refractivity contribution in [3.63, 3.8) is 0 Å². The molecule has 2 aromatic carbocycles. The highest BCUT2D eigenvalue weighted by molar-refractivity contribution is 7.92. The first-order chi connectivity index (χ1) is 13.8. The van der Waals surface area contributed by atoms with Crippen LogP contribution in [0.25, 0.3) is 6.08 Å². The maximum atomic E-state index is 12.7. The van der Waals surface area contributed by atoms with Crippen molar-refractivity contribution in [2.45, 2.75) is 6.92 Å². The molecule has 3 rings (SSSR count). The van der Waals surface area contributed by atoms with E-state index in [4.69, 9.17) is 0 Å². The van der Waals surface area contributed by atoms with Crippen LogP contribution >= 0.6 is 0 Å². The van der Waals surface area contributed by atoms with E-state index >= 15 is 0 Å². The second kappa shape index (κ2) is 8.54. The maximum absolute atomic E-state index is 12.7. The highest BCUT2D eigenvalue weighted by Crippen LogP contribution is 2.20. The fraction of sp³-hybridized carbons (Fsp3) is 0.250. The number of aryl methyl sites for hydroxylation is 1. The Morgan fingerprint density at radius 3 is 2.31 bits per heavy atom. The molecule has 1 heterocycles. The molecule has 2 aromatic rings. The molecule has 0 bridgehead atoms. The normalized spacial score (nSPS) is 15.6. The number of carbonyl (C=O) groups excluding carboxylic acids is 1. The number of benzene rings is 2. The largest absolute Gasteiger partial charge is 0.336 e. The smallest absolute Gasteiger partial charge is 0.272 e. The fourth-order valence-electron chi connectivity index (χ4n) is 3.14. The lowest BCUT2D eigenvalue weighted by Crippen LogP contribution is -2.50. The van der Waals surface area contributed by atoms with E-state index in [0.717, 1.165) is 5.56 Å². The Bertz CT molecular complexity index is 1040. The van der Waals surface area contributed by atoms with Gasteiger partial charge in [-0.05, 0) is 30.7 Å². The first-order valence-corrected chi connectivity index (χ1v) is 10.6. The van der Waals surface area contributed by atoms with Gasteiger partial charge in [-0.3, -0.25) is 14.9 Å². The van der Waals surface area contributed by atoms with Gasteiger partial charge in [-0.1, -0.05) is 30.3 Å². The van der Waals surface area contributed by atoms with Gasteiger partial charge in [0.2, 0.25) is 10.0 Å². The van der Waals surface area contributed by atoms with Crippen LogP contribution in [0, 0.1) is 17.0 Å². The third kappa shape index (κ3) is 4.87. The first-order valence-electron chi connectivity index (χ1n) is 9.05. The van der Waals surface area contributed by atoms with Crippen LogP contribution in [-0.2, 0) is 10.0 Å². The van der Waals surface area contributed by atoms with Crippen LogP contribution in [0.4, 0.5) is 5.69 Å².